The number of halogens is 5. The van der Waals surface area contributed by atoms with Gasteiger partial charge in [0.15, 0.2) is 17.2 Å². The van der Waals surface area contributed by atoms with Crippen molar-refractivity contribution in [3.63, 3.8) is 0 Å². The Morgan fingerprint density at radius 3 is 2.47 bits per heavy atom. The van der Waals surface area contributed by atoms with Gasteiger partial charge in [0.1, 0.15) is 6.10 Å². The first-order chi connectivity index (χ1) is 14.8. The molecule has 2 amide bonds. The lowest BCUT2D eigenvalue weighted by atomic mass is 9.77. The van der Waals surface area contributed by atoms with Gasteiger partial charge in [0, 0.05) is 43.5 Å². The number of carbonyl (C=O) groups is 2. The topological polar surface area (TPSA) is 67.9 Å². The van der Waals surface area contributed by atoms with Crippen LogP contribution >= 0.6 is 0 Å². The number of amides is 2. The van der Waals surface area contributed by atoms with Gasteiger partial charge in [-0.1, -0.05) is 13.0 Å². The average molecular weight is 464 g/mol. The van der Waals surface area contributed by atoms with Gasteiger partial charge in [-0.25, -0.2) is 4.39 Å². The second-order valence-corrected chi connectivity index (χ2v) is 8.40. The first-order valence-corrected chi connectivity index (χ1v) is 10.1. The van der Waals surface area contributed by atoms with Crippen LogP contribution < -0.4 is 10.1 Å². The normalized spacial score (nSPS) is 30.5. The molecule has 2 aliphatic heterocycles. The molecule has 0 bridgehead atoms. The number of alkyl halides is 3. The Labute approximate surface area is 182 Å². The van der Waals surface area contributed by atoms with Crippen LogP contribution in [-0.4, -0.2) is 60.8 Å². The van der Waals surface area contributed by atoms with Crippen LogP contribution in [0.4, 0.5) is 22.0 Å². The molecular formula is C21H25F5N2O4. The van der Waals surface area contributed by atoms with E-state index in [0.29, 0.717) is 13.0 Å². The molecule has 0 unspecified atom stereocenters. The molecule has 0 saturated carbocycles. The zero-order chi connectivity index (χ0) is 24.0. The molecule has 0 aromatic heterocycles. The van der Waals surface area contributed by atoms with E-state index in [4.69, 9.17) is 9.47 Å². The average Bonchev–Trinajstić information content (AvgIpc) is 3.27. The largest absolute Gasteiger partial charge is 0.493 e. The molecule has 3 rings (SSSR count). The van der Waals surface area contributed by atoms with E-state index >= 15 is 0 Å². The third-order valence-electron chi connectivity index (χ3n) is 6.55. The molecule has 2 fully saturated rings. The van der Waals surface area contributed by atoms with Crippen LogP contribution in [0.1, 0.15) is 38.7 Å². The molecule has 0 radical (unpaired) electrons. The minimum atomic E-state index is -4.83. The van der Waals surface area contributed by atoms with Gasteiger partial charge in [-0.2, -0.15) is 17.6 Å². The Balaban J connectivity index is 1.98. The van der Waals surface area contributed by atoms with Gasteiger partial charge in [0.2, 0.25) is 17.6 Å². The second-order valence-electron chi connectivity index (χ2n) is 8.40. The van der Waals surface area contributed by atoms with E-state index in [0.717, 1.165) is 26.2 Å². The number of hydrogen-bond acceptors (Lipinski definition) is 4. The van der Waals surface area contributed by atoms with Crippen molar-refractivity contribution in [1.82, 2.24) is 10.2 Å². The maximum atomic E-state index is 14.3. The highest BCUT2D eigenvalue weighted by molar-refractivity contribution is 5.83. The number of nitrogens with one attached hydrogen (secondary N) is 1. The van der Waals surface area contributed by atoms with Gasteiger partial charge in [-0.3, -0.25) is 9.59 Å². The molecule has 1 aromatic carbocycles. The highest BCUT2D eigenvalue weighted by atomic mass is 19.4. The first kappa shape index (κ1) is 24.2. The van der Waals surface area contributed by atoms with Crippen molar-refractivity contribution in [2.75, 3.05) is 20.2 Å². The minimum Gasteiger partial charge on any atom is -0.493 e. The first-order valence-electron chi connectivity index (χ1n) is 10.1. The van der Waals surface area contributed by atoms with E-state index in [1.54, 1.807) is 0 Å². The smallest absolute Gasteiger partial charge is 0.417 e. The molecule has 1 N–H and O–H groups in total. The van der Waals surface area contributed by atoms with Crippen LogP contribution in [0.3, 0.4) is 0 Å². The van der Waals surface area contributed by atoms with Crippen LogP contribution in [0.5, 0.6) is 5.75 Å². The van der Waals surface area contributed by atoms with Crippen molar-refractivity contribution in [2.24, 2.45) is 5.92 Å². The SMILES string of the molecule is COc1c([C@H]2[C@H](C(=O)N[C@@H]3CCN(C(C)=O)C3)O[C@@](C)(C(F)(F)F)[C@H]2C)ccc(F)c1F. The molecule has 0 aliphatic carbocycles. The fourth-order valence-corrected chi connectivity index (χ4v) is 4.49. The van der Waals surface area contributed by atoms with Crippen LogP contribution in [0.2, 0.25) is 0 Å². The quantitative estimate of drug-likeness (QED) is 0.696. The highest BCUT2D eigenvalue weighted by Crippen LogP contribution is 2.54. The summed E-state index contributed by atoms with van der Waals surface area (Å²) in [6, 6.07) is 1.42. The van der Waals surface area contributed by atoms with Crippen LogP contribution in [0, 0.1) is 17.6 Å². The van der Waals surface area contributed by atoms with E-state index < -0.39 is 59.1 Å². The number of nitrogens with zero attached hydrogens (tertiary/aromatic N) is 1. The molecule has 32 heavy (non-hydrogen) atoms. The highest BCUT2D eigenvalue weighted by Gasteiger charge is 2.66. The molecule has 5 atom stereocenters. The summed E-state index contributed by atoms with van der Waals surface area (Å²) < 4.78 is 80.1. The third kappa shape index (κ3) is 4.02. The predicted molar refractivity (Wildman–Crippen MR) is 103 cm³/mol. The number of hydrogen-bond donors (Lipinski definition) is 1. The Kier molecular flexibility index (Phi) is 6.43. The Morgan fingerprint density at radius 1 is 1.28 bits per heavy atom. The summed E-state index contributed by atoms with van der Waals surface area (Å²) in [6.45, 7) is 4.09. The Bertz CT molecular complexity index is 909. The summed E-state index contributed by atoms with van der Waals surface area (Å²) in [5, 5.41) is 2.64. The summed E-state index contributed by atoms with van der Waals surface area (Å²) in [4.78, 5) is 26.1. The van der Waals surface area contributed by atoms with Crippen molar-refractivity contribution in [3.05, 3.63) is 29.3 Å². The lowest BCUT2D eigenvalue weighted by molar-refractivity contribution is -0.272. The van der Waals surface area contributed by atoms with Crippen molar-refractivity contribution in [1.29, 1.82) is 0 Å². The second kappa shape index (κ2) is 8.49. The molecule has 178 valence electrons. The van der Waals surface area contributed by atoms with E-state index in [-0.39, 0.29) is 18.0 Å². The fraction of sp³-hybridized carbons (Fsp3) is 0.619. The van der Waals surface area contributed by atoms with Crippen molar-refractivity contribution in [2.45, 2.75) is 57.0 Å². The molecule has 0 spiro atoms. The number of methoxy groups -OCH3 is 1. The lowest BCUT2D eigenvalue weighted by Gasteiger charge is -2.32. The van der Waals surface area contributed by atoms with E-state index in [2.05, 4.69) is 5.32 Å². The summed E-state index contributed by atoms with van der Waals surface area (Å²) in [7, 11) is 1.06. The van der Waals surface area contributed by atoms with Crippen molar-refractivity contribution >= 4 is 11.8 Å². The Hall–Kier alpha value is -2.43. The molecule has 11 heteroatoms. The van der Waals surface area contributed by atoms with Crippen molar-refractivity contribution < 1.29 is 41.0 Å². The van der Waals surface area contributed by atoms with Gasteiger partial charge in [0.05, 0.1) is 7.11 Å². The van der Waals surface area contributed by atoms with Crippen LogP contribution in [0.15, 0.2) is 12.1 Å². The third-order valence-corrected chi connectivity index (χ3v) is 6.55. The lowest BCUT2D eigenvalue weighted by Crippen LogP contribution is -2.48. The Morgan fingerprint density at radius 2 is 1.94 bits per heavy atom. The number of likely N-dealkylation sites (tertiary alicyclic amines) is 1. The van der Waals surface area contributed by atoms with Gasteiger partial charge in [0.25, 0.3) is 0 Å². The number of benzene rings is 1. The van der Waals surface area contributed by atoms with Gasteiger partial charge in [-0.15, -0.1) is 0 Å². The van der Waals surface area contributed by atoms with Crippen LogP contribution in [0.25, 0.3) is 0 Å². The zero-order valence-corrected chi connectivity index (χ0v) is 18.1. The number of ether oxygens (including phenoxy) is 2. The maximum absolute atomic E-state index is 14.3. The minimum absolute atomic E-state index is 0.0937. The van der Waals surface area contributed by atoms with Crippen LogP contribution in [-0.2, 0) is 14.3 Å². The molecule has 2 aliphatic rings. The van der Waals surface area contributed by atoms with Crippen molar-refractivity contribution in [3.8, 4) is 5.75 Å². The molecule has 6 nitrogen and oxygen atoms in total. The predicted octanol–water partition coefficient (Wildman–Crippen LogP) is 3.15. The van der Waals surface area contributed by atoms with E-state index in [9.17, 15) is 31.5 Å². The summed E-state index contributed by atoms with van der Waals surface area (Å²) in [5.41, 5.74) is -2.81. The monoisotopic (exact) mass is 464 g/mol. The summed E-state index contributed by atoms with van der Waals surface area (Å²) in [5.74, 6) is -6.75. The summed E-state index contributed by atoms with van der Waals surface area (Å²) >= 11 is 0. The maximum Gasteiger partial charge on any atom is 0.417 e. The van der Waals surface area contributed by atoms with Gasteiger partial charge < -0.3 is 19.7 Å². The fourth-order valence-electron chi connectivity index (χ4n) is 4.49. The zero-order valence-electron chi connectivity index (χ0n) is 18.1. The number of carbonyl (C=O) groups excluding carboxylic acids is 2. The van der Waals surface area contributed by atoms with E-state index in [1.807, 2.05) is 0 Å². The van der Waals surface area contributed by atoms with Gasteiger partial charge in [-0.05, 0) is 19.4 Å². The van der Waals surface area contributed by atoms with Gasteiger partial charge >= 0.3 is 6.18 Å². The molecular weight excluding hydrogens is 439 g/mol. The molecule has 2 saturated heterocycles. The molecule has 2 heterocycles. The standard InChI is InChI=1S/C21H25F5N2O4/c1-10-15(13-5-6-14(22)16(23)17(13)31-4)18(32-20(10,3)21(24,25)26)19(30)27-12-7-8-28(9-12)11(2)29/h5-6,10,12,15,18H,7-9H2,1-4H3,(H,27,30)/t10-,12+,15-,18+,20+/m0/s1. The molecule has 1 aromatic rings. The number of rotatable bonds is 4. The van der Waals surface area contributed by atoms with E-state index in [1.165, 1.54) is 18.7 Å². The summed E-state index contributed by atoms with van der Waals surface area (Å²) in [6.07, 6.45) is -6.03.